The number of nitrogens with zero attached hydrogens (tertiary/aromatic N) is 2. The zero-order valence-electron chi connectivity index (χ0n) is 9.48. The van der Waals surface area contributed by atoms with Crippen LogP contribution in [-0.4, -0.2) is 22.3 Å². The van der Waals surface area contributed by atoms with Crippen molar-refractivity contribution in [1.82, 2.24) is 15.5 Å². The van der Waals surface area contributed by atoms with E-state index in [2.05, 4.69) is 22.4 Å². The van der Waals surface area contributed by atoms with Gasteiger partial charge in [-0.15, -0.1) is 10.2 Å². The predicted molar refractivity (Wildman–Crippen MR) is 62.3 cm³/mol. The topological polar surface area (TPSA) is 47.0 Å². The van der Waals surface area contributed by atoms with Crippen LogP contribution in [0.25, 0.3) is 0 Å². The van der Waals surface area contributed by atoms with E-state index in [1.165, 1.54) is 12.8 Å². The average Bonchev–Trinajstić information content (AvgIpc) is 2.81. The highest BCUT2D eigenvalue weighted by atomic mass is 32.1. The summed E-state index contributed by atoms with van der Waals surface area (Å²) >= 11 is 1.69. The van der Waals surface area contributed by atoms with Crippen molar-refractivity contribution in [2.45, 2.75) is 57.4 Å². The fourth-order valence-corrected chi connectivity index (χ4v) is 2.84. The number of aromatic nitrogens is 2. The largest absolute Gasteiger partial charge is 0.368 e. The van der Waals surface area contributed by atoms with Crippen LogP contribution in [0.3, 0.4) is 0 Å². The van der Waals surface area contributed by atoms with Gasteiger partial charge in [-0.1, -0.05) is 11.3 Å². The molecular formula is C11H17N3OS. The van der Waals surface area contributed by atoms with Crippen LogP contribution in [0.4, 0.5) is 0 Å². The number of hydrogen-bond donors (Lipinski definition) is 1. The number of rotatable bonds is 4. The van der Waals surface area contributed by atoms with Crippen LogP contribution in [0.5, 0.6) is 0 Å². The van der Waals surface area contributed by atoms with E-state index in [1.54, 1.807) is 11.3 Å². The van der Waals surface area contributed by atoms with E-state index in [4.69, 9.17) is 4.74 Å². The lowest BCUT2D eigenvalue weighted by molar-refractivity contribution is 0.0550. The molecule has 1 saturated carbocycles. The molecule has 2 aliphatic rings. The van der Waals surface area contributed by atoms with Gasteiger partial charge in [0.25, 0.3) is 0 Å². The van der Waals surface area contributed by atoms with Gasteiger partial charge in [-0.3, -0.25) is 0 Å². The molecule has 2 fully saturated rings. The van der Waals surface area contributed by atoms with Gasteiger partial charge in [0.15, 0.2) is 0 Å². The van der Waals surface area contributed by atoms with Gasteiger partial charge < -0.3 is 10.1 Å². The van der Waals surface area contributed by atoms with Gasteiger partial charge in [0, 0.05) is 12.6 Å². The average molecular weight is 239 g/mol. The summed E-state index contributed by atoms with van der Waals surface area (Å²) in [5, 5.41) is 14.0. The van der Waals surface area contributed by atoms with E-state index in [0.29, 0.717) is 6.10 Å². The smallest absolute Gasteiger partial charge is 0.146 e. The zero-order valence-corrected chi connectivity index (χ0v) is 10.3. The zero-order chi connectivity index (χ0) is 11.0. The van der Waals surface area contributed by atoms with Crippen molar-refractivity contribution in [1.29, 1.82) is 0 Å². The maximum atomic E-state index is 5.79. The third kappa shape index (κ3) is 2.42. The maximum absolute atomic E-state index is 5.79. The molecule has 4 nitrogen and oxygen atoms in total. The molecule has 0 aromatic carbocycles. The van der Waals surface area contributed by atoms with Crippen LogP contribution in [0, 0.1) is 0 Å². The number of hydrogen-bond acceptors (Lipinski definition) is 5. The highest BCUT2D eigenvalue weighted by molar-refractivity contribution is 7.11. The minimum atomic E-state index is 0.196. The van der Waals surface area contributed by atoms with Crippen LogP contribution in [0.1, 0.15) is 48.7 Å². The Morgan fingerprint density at radius 1 is 1.31 bits per heavy atom. The first-order valence-electron chi connectivity index (χ1n) is 6.02. The van der Waals surface area contributed by atoms with Gasteiger partial charge in [-0.2, -0.15) is 0 Å². The minimum Gasteiger partial charge on any atom is -0.368 e. The van der Waals surface area contributed by atoms with Crippen molar-refractivity contribution in [2.24, 2.45) is 0 Å². The van der Waals surface area contributed by atoms with Gasteiger partial charge in [0.1, 0.15) is 16.1 Å². The van der Waals surface area contributed by atoms with E-state index < -0.39 is 0 Å². The second-order valence-electron chi connectivity index (χ2n) is 4.70. The van der Waals surface area contributed by atoms with Crippen molar-refractivity contribution in [3.8, 4) is 0 Å². The summed E-state index contributed by atoms with van der Waals surface area (Å²) in [5.74, 6) is 0. The van der Waals surface area contributed by atoms with Crippen molar-refractivity contribution in [3.63, 3.8) is 0 Å². The second kappa shape index (κ2) is 4.39. The molecule has 3 rings (SSSR count). The van der Waals surface area contributed by atoms with Crippen molar-refractivity contribution >= 4 is 11.3 Å². The lowest BCUT2D eigenvalue weighted by Crippen LogP contribution is -2.14. The molecule has 1 aromatic heterocycles. The van der Waals surface area contributed by atoms with E-state index in [-0.39, 0.29) is 6.10 Å². The van der Waals surface area contributed by atoms with Gasteiger partial charge in [-0.25, -0.2) is 0 Å². The van der Waals surface area contributed by atoms with E-state index in [0.717, 1.165) is 35.4 Å². The van der Waals surface area contributed by atoms with Crippen LogP contribution in [0.15, 0.2) is 0 Å². The summed E-state index contributed by atoms with van der Waals surface area (Å²) in [6, 6.07) is 0.732. The molecule has 2 atom stereocenters. The van der Waals surface area contributed by atoms with Gasteiger partial charge in [-0.05, 0) is 32.6 Å². The summed E-state index contributed by atoms with van der Waals surface area (Å²) in [4.78, 5) is 0. The standard InChI is InChI=1S/C11H17N3OS/c1-7-2-5-9(15-7)11-14-13-10(16-11)6-12-8-3-4-8/h7-9,12H,2-6H2,1H3. The monoisotopic (exact) mass is 239 g/mol. The molecule has 5 heteroatoms. The highest BCUT2D eigenvalue weighted by Crippen LogP contribution is 2.33. The first-order chi connectivity index (χ1) is 7.81. The Hall–Kier alpha value is -0.520. The minimum absolute atomic E-state index is 0.196. The third-order valence-corrected chi connectivity index (χ3v) is 4.12. The van der Waals surface area contributed by atoms with Crippen LogP contribution in [-0.2, 0) is 11.3 Å². The number of ether oxygens (including phenoxy) is 1. The van der Waals surface area contributed by atoms with Gasteiger partial charge in [0.2, 0.25) is 0 Å². The summed E-state index contributed by atoms with van der Waals surface area (Å²) in [5.41, 5.74) is 0. The molecule has 2 heterocycles. The molecule has 0 spiro atoms. The quantitative estimate of drug-likeness (QED) is 0.873. The first kappa shape index (κ1) is 10.6. The summed E-state index contributed by atoms with van der Waals surface area (Å²) in [7, 11) is 0. The lowest BCUT2D eigenvalue weighted by Gasteiger charge is -2.05. The Bertz CT molecular complexity index is 364. The van der Waals surface area contributed by atoms with E-state index >= 15 is 0 Å². The molecule has 1 aliphatic heterocycles. The van der Waals surface area contributed by atoms with Crippen molar-refractivity contribution in [2.75, 3.05) is 0 Å². The Balaban J connectivity index is 1.58. The van der Waals surface area contributed by atoms with Crippen LogP contribution in [0.2, 0.25) is 0 Å². The molecule has 16 heavy (non-hydrogen) atoms. The molecular weight excluding hydrogens is 222 g/mol. The Kier molecular flexibility index (Phi) is 2.91. The Morgan fingerprint density at radius 3 is 2.88 bits per heavy atom. The molecule has 88 valence electrons. The Morgan fingerprint density at radius 2 is 2.19 bits per heavy atom. The molecule has 0 radical (unpaired) electrons. The SMILES string of the molecule is CC1CCC(c2nnc(CNC3CC3)s2)O1. The fourth-order valence-electron chi connectivity index (χ4n) is 1.97. The number of nitrogens with one attached hydrogen (secondary N) is 1. The molecule has 2 unspecified atom stereocenters. The predicted octanol–water partition coefficient (Wildman–Crippen LogP) is 2.03. The molecule has 0 amide bonds. The van der Waals surface area contributed by atoms with Gasteiger partial charge in [0.05, 0.1) is 6.10 Å². The first-order valence-corrected chi connectivity index (χ1v) is 6.84. The van der Waals surface area contributed by atoms with E-state index in [9.17, 15) is 0 Å². The van der Waals surface area contributed by atoms with Crippen LogP contribution >= 0.6 is 11.3 Å². The summed E-state index contributed by atoms with van der Waals surface area (Å²) in [6.45, 7) is 2.99. The van der Waals surface area contributed by atoms with Crippen LogP contribution < -0.4 is 5.32 Å². The molecule has 1 aliphatic carbocycles. The normalized spacial score (nSPS) is 29.8. The van der Waals surface area contributed by atoms with Crippen molar-refractivity contribution < 1.29 is 4.74 Å². The molecule has 1 saturated heterocycles. The summed E-state index contributed by atoms with van der Waals surface area (Å²) in [6.07, 6.45) is 5.43. The summed E-state index contributed by atoms with van der Waals surface area (Å²) < 4.78 is 5.79. The second-order valence-corrected chi connectivity index (χ2v) is 5.80. The van der Waals surface area contributed by atoms with E-state index in [1.807, 2.05) is 0 Å². The third-order valence-electron chi connectivity index (χ3n) is 3.11. The highest BCUT2D eigenvalue weighted by Gasteiger charge is 2.27. The molecule has 1 N–H and O–H groups in total. The van der Waals surface area contributed by atoms with Gasteiger partial charge >= 0.3 is 0 Å². The van der Waals surface area contributed by atoms with Crippen molar-refractivity contribution in [3.05, 3.63) is 10.0 Å². The molecule has 0 bridgehead atoms. The molecule has 1 aromatic rings. The fraction of sp³-hybridized carbons (Fsp3) is 0.818. The Labute approximate surface area is 99.4 Å². The maximum Gasteiger partial charge on any atom is 0.146 e. The lowest BCUT2D eigenvalue weighted by atomic mass is 10.2.